The van der Waals surface area contributed by atoms with Crippen LogP contribution in [0.2, 0.25) is 0 Å². The summed E-state index contributed by atoms with van der Waals surface area (Å²) < 4.78 is 26.3. The molecule has 0 amide bonds. The predicted molar refractivity (Wildman–Crippen MR) is 80.6 cm³/mol. The van der Waals surface area contributed by atoms with Crippen molar-refractivity contribution in [3.8, 4) is 0 Å². The van der Waals surface area contributed by atoms with Gasteiger partial charge in [-0.1, -0.05) is 49.5 Å². The molecule has 3 nitrogen and oxygen atoms in total. The third kappa shape index (κ3) is 4.82. The van der Waals surface area contributed by atoms with Crippen molar-refractivity contribution in [2.75, 3.05) is 12.8 Å². The van der Waals surface area contributed by atoms with Crippen LogP contribution in [0, 0.1) is 5.41 Å². The zero-order valence-corrected chi connectivity index (χ0v) is 14.3. The zero-order chi connectivity index (χ0) is 14.0. The Morgan fingerprint density at radius 2 is 1.78 bits per heavy atom. The molecule has 1 rings (SSSR count). The molecular weight excluding hydrogens is 314 g/mol. The van der Waals surface area contributed by atoms with Crippen molar-refractivity contribution in [3.05, 3.63) is 0 Å². The van der Waals surface area contributed by atoms with Gasteiger partial charge in [-0.2, -0.15) is 0 Å². The van der Waals surface area contributed by atoms with E-state index in [1.807, 2.05) is 0 Å². The molecule has 0 bridgehead atoms. The average Bonchev–Trinajstić information content (AvgIpc) is 2.25. The van der Waals surface area contributed by atoms with Gasteiger partial charge in [0.1, 0.15) is 0 Å². The summed E-state index contributed by atoms with van der Waals surface area (Å²) in [5, 5.41) is 0. The fraction of sp³-hybridized carbons (Fsp3) is 1.00. The van der Waals surface area contributed by atoms with E-state index < -0.39 is 10.0 Å². The van der Waals surface area contributed by atoms with Crippen LogP contribution in [-0.4, -0.2) is 36.4 Å². The van der Waals surface area contributed by atoms with Crippen LogP contribution >= 0.6 is 15.9 Å². The van der Waals surface area contributed by atoms with Gasteiger partial charge in [0.2, 0.25) is 10.0 Å². The first-order chi connectivity index (χ1) is 8.13. The number of hydrogen-bond acceptors (Lipinski definition) is 2. The third-order valence-electron chi connectivity index (χ3n) is 3.66. The van der Waals surface area contributed by atoms with Crippen molar-refractivity contribution < 1.29 is 8.42 Å². The Hall–Kier alpha value is 0.390. The van der Waals surface area contributed by atoms with Crippen molar-refractivity contribution in [1.29, 1.82) is 0 Å². The number of hydrogen-bond donors (Lipinski definition) is 0. The highest BCUT2D eigenvalue weighted by Crippen LogP contribution is 2.30. The molecule has 108 valence electrons. The standard InChI is InChI=1S/C13H26BrNO2S/c1-13(2,3)9-10-18(16,17)15(4)12-8-6-5-7-11(12)14/h11-12H,5-10H2,1-4H3. The summed E-state index contributed by atoms with van der Waals surface area (Å²) in [6.45, 7) is 6.24. The van der Waals surface area contributed by atoms with Gasteiger partial charge in [-0.05, 0) is 24.7 Å². The summed E-state index contributed by atoms with van der Waals surface area (Å²) in [7, 11) is -1.38. The molecule has 0 N–H and O–H groups in total. The van der Waals surface area contributed by atoms with E-state index in [9.17, 15) is 8.42 Å². The summed E-state index contributed by atoms with van der Waals surface area (Å²) >= 11 is 3.63. The van der Waals surface area contributed by atoms with Crippen molar-refractivity contribution in [2.45, 2.75) is 63.7 Å². The lowest BCUT2D eigenvalue weighted by molar-refractivity contribution is 0.294. The maximum atomic E-state index is 12.3. The number of halogens is 1. The lowest BCUT2D eigenvalue weighted by Gasteiger charge is -2.34. The maximum absolute atomic E-state index is 12.3. The van der Waals surface area contributed by atoms with E-state index in [2.05, 4.69) is 36.7 Å². The van der Waals surface area contributed by atoms with Crippen LogP contribution in [0.15, 0.2) is 0 Å². The van der Waals surface area contributed by atoms with Crippen LogP contribution in [0.3, 0.4) is 0 Å². The highest BCUT2D eigenvalue weighted by atomic mass is 79.9. The van der Waals surface area contributed by atoms with Crippen LogP contribution in [0.25, 0.3) is 0 Å². The number of rotatable bonds is 4. The van der Waals surface area contributed by atoms with Gasteiger partial charge in [0.05, 0.1) is 5.75 Å². The number of nitrogens with zero attached hydrogens (tertiary/aromatic N) is 1. The van der Waals surface area contributed by atoms with E-state index in [1.165, 1.54) is 6.42 Å². The molecule has 2 atom stereocenters. The van der Waals surface area contributed by atoms with E-state index >= 15 is 0 Å². The van der Waals surface area contributed by atoms with E-state index in [0.717, 1.165) is 19.3 Å². The molecule has 0 aromatic rings. The first-order valence-corrected chi connectivity index (χ1v) is 9.26. The molecule has 0 radical (unpaired) electrons. The average molecular weight is 340 g/mol. The molecule has 18 heavy (non-hydrogen) atoms. The predicted octanol–water partition coefficient (Wildman–Crippen LogP) is 3.39. The van der Waals surface area contributed by atoms with Crippen LogP contribution in [0.4, 0.5) is 0 Å². The van der Waals surface area contributed by atoms with Crippen molar-refractivity contribution in [3.63, 3.8) is 0 Å². The summed E-state index contributed by atoms with van der Waals surface area (Å²) in [4.78, 5) is 0.306. The molecule has 1 aliphatic rings. The zero-order valence-electron chi connectivity index (χ0n) is 11.9. The molecule has 5 heteroatoms. The fourth-order valence-electron chi connectivity index (χ4n) is 2.26. The van der Waals surface area contributed by atoms with Crippen molar-refractivity contribution >= 4 is 26.0 Å². The highest BCUT2D eigenvalue weighted by molar-refractivity contribution is 9.09. The Morgan fingerprint density at radius 1 is 1.22 bits per heavy atom. The van der Waals surface area contributed by atoms with Gasteiger partial charge in [-0.3, -0.25) is 0 Å². The molecule has 0 aliphatic heterocycles. The van der Waals surface area contributed by atoms with Crippen LogP contribution in [0.5, 0.6) is 0 Å². The summed E-state index contributed by atoms with van der Waals surface area (Å²) in [5.41, 5.74) is 0.0638. The molecule has 1 fully saturated rings. The van der Waals surface area contributed by atoms with Gasteiger partial charge < -0.3 is 0 Å². The van der Waals surface area contributed by atoms with E-state index in [1.54, 1.807) is 11.4 Å². The van der Waals surface area contributed by atoms with Gasteiger partial charge in [0, 0.05) is 17.9 Å². The summed E-state index contributed by atoms with van der Waals surface area (Å²) in [6.07, 6.45) is 5.08. The summed E-state index contributed by atoms with van der Waals surface area (Å²) in [6, 6.07) is 0.128. The SMILES string of the molecule is CN(C1CCCCC1Br)S(=O)(=O)CCC(C)(C)C. The second kappa shape index (κ2) is 6.23. The van der Waals surface area contributed by atoms with Crippen LogP contribution in [0.1, 0.15) is 52.9 Å². The molecule has 0 saturated heterocycles. The van der Waals surface area contributed by atoms with Crippen molar-refractivity contribution in [2.24, 2.45) is 5.41 Å². The van der Waals surface area contributed by atoms with E-state index in [4.69, 9.17) is 0 Å². The molecule has 0 heterocycles. The van der Waals surface area contributed by atoms with Crippen LogP contribution < -0.4 is 0 Å². The molecule has 2 unspecified atom stereocenters. The summed E-state index contributed by atoms with van der Waals surface area (Å²) in [5.74, 6) is 0.253. The lowest BCUT2D eigenvalue weighted by atomic mass is 9.94. The second-order valence-corrected chi connectivity index (χ2v) is 9.83. The molecule has 1 saturated carbocycles. The molecule has 0 aromatic carbocycles. The first kappa shape index (κ1) is 16.4. The highest BCUT2D eigenvalue weighted by Gasteiger charge is 2.33. The Kier molecular flexibility index (Phi) is 5.69. The molecule has 0 aromatic heterocycles. The topological polar surface area (TPSA) is 37.4 Å². The van der Waals surface area contributed by atoms with Gasteiger partial charge in [-0.15, -0.1) is 0 Å². The molecule has 0 spiro atoms. The Labute approximate surface area is 121 Å². The largest absolute Gasteiger partial charge is 0.214 e. The molecule has 1 aliphatic carbocycles. The van der Waals surface area contributed by atoms with E-state index in [-0.39, 0.29) is 17.2 Å². The minimum absolute atomic E-state index is 0.0638. The monoisotopic (exact) mass is 339 g/mol. The minimum Gasteiger partial charge on any atom is -0.212 e. The second-order valence-electron chi connectivity index (χ2n) is 6.51. The van der Waals surface area contributed by atoms with Gasteiger partial charge in [0.25, 0.3) is 0 Å². The first-order valence-electron chi connectivity index (χ1n) is 6.73. The van der Waals surface area contributed by atoms with Crippen molar-refractivity contribution in [1.82, 2.24) is 4.31 Å². The Balaban J connectivity index is 2.66. The van der Waals surface area contributed by atoms with Gasteiger partial charge in [0.15, 0.2) is 0 Å². The smallest absolute Gasteiger partial charge is 0.212 e. The lowest BCUT2D eigenvalue weighted by Crippen LogP contribution is -2.45. The van der Waals surface area contributed by atoms with E-state index in [0.29, 0.717) is 11.2 Å². The van der Waals surface area contributed by atoms with Crippen LogP contribution in [-0.2, 0) is 10.0 Å². The number of alkyl halides is 1. The Bertz CT molecular complexity index is 362. The molecular formula is C13H26BrNO2S. The normalized spacial score (nSPS) is 26.6. The minimum atomic E-state index is -3.12. The number of sulfonamides is 1. The van der Waals surface area contributed by atoms with Gasteiger partial charge in [-0.25, -0.2) is 12.7 Å². The Morgan fingerprint density at radius 3 is 2.28 bits per heavy atom. The van der Waals surface area contributed by atoms with Gasteiger partial charge >= 0.3 is 0 Å². The fourth-order valence-corrected chi connectivity index (χ4v) is 5.18. The third-order valence-corrected chi connectivity index (χ3v) is 6.60. The quantitative estimate of drug-likeness (QED) is 0.736. The maximum Gasteiger partial charge on any atom is 0.214 e.